The minimum absolute atomic E-state index is 0.255. The molecule has 0 saturated heterocycles. The number of carbonyl (C=O) groups is 1. The van der Waals surface area contributed by atoms with E-state index in [1.807, 2.05) is 0 Å². The molecule has 0 fully saturated rings. The van der Waals surface area contributed by atoms with Crippen molar-refractivity contribution in [1.82, 2.24) is 15.3 Å². The van der Waals surface area contributed by atoms with Crippen LogP contribution in [0.3, 0.4) is 0 Å². The van der Waals surface area contributed by atoms with E-state index in [0.717, 1.165) is 0 Å². The number of hydrogen-bond donors (Lipinski definition) is 2. The summed E-state index contributed by atoms with van der Waals surface area (Å²) in [6.07, 6.45) is 5.49. The summed E-state index contributed by atoms with van der Waals surface area (Å²) < 4.78 is 5.05. The van der Waals surface area contributed by atoms with E-state index in [9.17, 15) is 9.90 Å². The van der Waals surface area contributed by atoms with Crippen LogP contribution < -0.4 is 5.32 Å². The van der Waals surface area contributed by atoms with Gasteiger partial charge < -0.3 is 14.8 Å². The minimum Gasteiger partial charge on any atom is -0.467 e. The standard InChI is InChI=1S/C12H13N3O3/c16-10(11-2-1-7-18-11)3-4-15-12(17)9-8-13-5-6-14-9/h1-2,5-8,10,16H,3-4H2,(H,15,17). The summed E-state index contributed by atoms with van der Waals surface area (Å²) in [5.41, 5.74) is 0.255. The zero-order valence-corrected chi connectivity index (χ0v) is 9.61. The number of nitrogens with zero attached hydrogens (tertiary/aromatic N) is 2. The van der Waals surface area contributed by atoms with Crippen molar-refractivity contribution in [2.75, 3.05) is 6.54 Å². The molecule has 2 aromatic heterocycles. The lowest BCUT2D eigenvalue weighted by atomic mass is 10.2. The van der Waals surface area contributed by atoms with Gasteiger partial charge in [0.25, 0.3) is 5.91 Å². The van der Waals surface area contributed by atoms with E-state index in [1.165, 1.54) is 24.9 Å². The third-order valence-electron chi connectivity index (χ3n) is 2.37. The number of aliphatic hydroxyl groups is 1. The number of aromatic nitrogens is 2. The minimum atomic E-state index is -0.720. The van der Waals surface area contributed by atoms with E-state index in [4.69, 9.17) is 4.42 Å². The van der Waals surface area contributed by atoms with Gasteiger partial charge in [0.1, 0.15) is 17.6 Å². The molecule has 0 radical (unpaired) electrons. The summed E-state index contributed by atoms with van der Waals surface area (Å²) >= 11 is 0. The number of hydrogen-bond acceptors (Lipinski definition) is 5. The Bertz CT molecular complexity index is 485. The van der Waals surface area contributed by atoms with Gasteiger partial charge in [-0.25, -0.2) is 4.98 Å². The Morgan fingerprint density at radius 1 is 1.50 bits per heavy atom. The Labute approximate surface area is 104 Å². The molecule has 2 rings (SSSR count). The molecule has 1 unspecified atom stereocenters. The molecule has 0 spiro atoms. The van der Waals surface area contributed by atoms with Crippen LogP contribution in [0.25, 0.3) is 0 Å². The van der Waals surface area contributed by atoms with Crippen LogP contribution in [0.15, 0.2) is 41.4 Å². The van der Waals surface area contributed by atoms with Gasteiger partial charge in [0.2, 0.25) is 0 Å². The molecule has 6 heteroatoms. The zero-order chi connectivity index (χ0) is 12.8. The molecule has 6 nitrogen and oxygen atoms in total. The molecule has 0 aliphatic rings. The molecule has 2 aromatic rings. The van der Waals surface area contributed by atoms with Crippen molar-refractivity contribution in [3.63, 3.8) is 0 Å². The quantitative estimate of drug-likeness (QED) is 0.820. The highest BCUT2D eigenvalue weighted by atomic mass is 16.4. The lowest BCUT2D eigenvalue weighted by Crippen LogP contribution is -2.26. The molecule has 0 aromatic carbocycles. The van der Waals surface area contributed by atoms with Crippen LogP contribution in [-0.4, -0.2) is 27.5 Å². The average molecular weight is 247 g/mol. The first-order valence-corrected chi connectivity index (χ1v) is 5.53. The van der Waals surface area contributed by atoms with Gasteiger partial charge in [-0.2, -0.15) is 0 Å². The van der Waals surface area contributed by atoms with E-state index < -0.39 is 6.10 Å². The highest BCUT2D eigenvalue weighted by Gasteiger charge is 2.11. The zero-order valence-electron chi connectivity index (χ0n) is 9.61. The van der Waals surface area contributed by atoms with E-state index >= 15 is 0 Å². The maximum atomic E-state index is 11.6. The second kappa shape index (κ2) is 5.92. The molecule has 0 aliphatic carbocycles. The Morgan fingerprint density at radius 2 is 2.39 bits per heavy atom. The number of carbonyl (C=O) groups excluding carboxylic acids is 1. The van der Waals surface area contributed by atoms with E-state index in [0.29, 0.717) is 18.7 Å². The average Bonchev–Trinajstić information content (AvgIpc) is 2.93. The molecule has 0 aliphatic heterocycles. The van der Waals surface area contributed by atoms with Gasteiger partial charge in [-0.05, 0) is 18.6 Å². The van der Waals surface area contributed by atoms with Crippen molar-refractivity contribution < 1.29 is 14.3 Å². The van der Waals surface area contributed by atoms with Gasteiger partial charge in [-0.15, -0.1) is 0 Å². The second-order valence-corrected chi connectivity index (χ2v) is 3.67. The van der Waals surface area contributed by atoms with Gasteiger partial charge in [0.05, 0.1) is 12.5 Å². The number of nitrogens with one attached hydrogen (secondary N) is 1. The van der Waals surface area contributed by atoms with E-state index in [1.54, 1.807) is 12.1 Å². The second-order valence-electron chi connectivity index (χ2n) is 3.67. The predicted molar refractivity (Wildman–Crippen MR) is 62.7 cm³/mol. The van der Waals surface area contributed by atoms with Crippen molar-refractivity contribution in [2.24, 2.45) is 0 Å². The third-order valence-corrected chi connectivity index (χ3v) is 2.37. The molecule has 18 heavy (non-hydrogen) atoms. The van der Waals surface area contributed by atoms with E-state index in [-0.39, 0.29) is 11.6 Å². The van der Waals surface area contributed by atoms with Gasteiger partial charge in [-0.1, -0.05) is 0 Å². The lowest BCUT2D eigenvalue weighted by Gasteiger charge is -2.08. The number of rotatable bonds is 5. The largest absolute Gasteiger partial charge is 0.467 e. The summed E-state index contributed by atoms with van der Waals surface area (Å²) in [5.74, 6) is 0.179. The maximum Gasteiger partial charge on any atom is 0.271 e. The van der Waals surface area contributed by atoms with Gasteiger partial charge in [0.15, 0.2) is 0 Å². The third kappa shape index (κ3) is 3.14. The Kier molecular flexibility index (Phi) is 4.03. The molecule has 1 amide bonds. The molecular formula is C12H13N3O3. The summed E-state index contributed by atoms with van der Waals surface area (Å²) in [5, 5.41) is 12.4. The van der Waals surface area contributed by atoms with Crippen LogP contribution in [0.1, 0.15) is 28.8 Å². The highest BCUT2D eigenvalue weighted by Crippen LogP contribution is 2.15. The molecule has 2 heterocycles. The van der Waals surface area contributed by atoms with Gasteiger partial charge in [-0.3, -0.25) is 9.78 Å². The highest BCUT2D eigenvalue weighted by molar-refractivity contribution is 5.91. The SMILES string of the molecule is O=C(NCCC(O)c1ccco1)c1cnccn1. The molecular weight excluding hydrogens is 234 g/mol. The predicted octanol–water partition coefficient (Wildman–Crippen LogP) is 0.923. The molecule has 94 valence electrons. The molecule has 0 bridgehead atoms. The summed E-state index contributed by atoms with van der Waals surface area (Å²) in [6, 6.07) is 3.39. The molecule has 1 atom stereocenters. The van der Waals surface area contributed by atoms with E-state index in [2.05, 4.69) is 15.3 Å². The number of amides is 1. The van der Waals surface area contributed by atoms with Crippen molar-refractivity contribution in [2.45, 2.75) is 12.5 Å². The van der Waals surface area contributed by atoms with Crippen LogP contribution in [0.2, 0.25) is 0 Å². The van der Waals surface area contributed by atoms with Crippen LogP contribution >= 0.6 is 0 Å². The Balaban J connectivity index is 1.77. The maximum absolute atomic E-state index is 11.6. The summed E-state index contributed by atoms with van der Waals surface area (Å²) in [6.45, 7) is 0.331. The van der Waals surface area contributed by atoms with Crippen LogP contribution in [0, 0.1) is 0 Å². The summed E-state index contributed by atoms with van der Waals surface area (Å²) in [7, 11) is 0. The van der Waals surface area contributed by atoms with Crippen molar-refractivity contribution in [3.05, 3.63) is 48.4 Å². The fourth-order valence-corrected chi connectivity index (χ4v) is 1.45. The first-order valence-electron chi connectivity index (χ1n) is 5.53. The Hall–Kier alpha value is -2.21. The first kappa shape index (κ1) is 12.3. The topological polar surface area (TPSA) is 88.2 Å². The van der Waals surface area contributed by atoms with Crippen LogP contribution in [-0.2, 0) is 0 Å². The molecule has 2 N–H and O–H groups in total. The Morgan fingerprint density at radius 3 is 3.06 bits per heavy atom. The fourth-order valence-electron chi connectivity index (χ4n) is 1.45. The van der Waals surface area contributed by atoms with Gasteiger partial charge >= 0.3 is 0 Å². The smallest absolute Gasteiger partial charge is 0.271 e. The number of aliphatic hydroxyl groups excluding tert-OH is 1. The van der Waals surface area contributed by atoms with Crippen LogP contribution in [0.4, 0.5) is 0 Å². The fraction of sp³-hybridized carbons (Fsp3) is 0.250. The van der Waals surface area contributed by atoms with Gasteiger partial charge in [0, 0.05) is 18.9 Å². The lowest BCUT2D eigenvalue weighted by molar-refractivity contribution is 0.0931. The van der Waals surface area contributed by atoms with Crippen molar-refractivity contribution in [3.8, 4) is 0 Å². The van der Waals surface area contributed by atoms with Crippen molar-refractivity contribution in [1.29, 1.82) is 0 Å². The molecule has 0 saturated carbocycles. The number of furan rings is 1. The summed E-state index contributed by atoms with van der Waals surface area (Å²) in [4.78, 5) is 19.3. The monoisotopic (exact) mass is 247 g/mol. The normalized spacial score (nSPS) is 12.1. The van der Waals surface area contributed by atoms with Crippen molar-refractivity contribution >= 4 is 5.91 Å². The first-order chi connectivity index (χ1) is 8.77. The van der Waals surface area contributed by atoms with Crippen LogP contribution in [0.5, 0.6) is 0 Å².